The molecule has 0 unspecified atom stereocenters. The first-order chi connectivity index (χ1) is 12.5. The van der Waals surface area contributed by atoms with Crippen LogP contribution < -0.4 is 0 Å². The molecule has 4 heteroatoms. The van der Waals surface area contributed by atoms with Crippen LogP contribution in [-0.4, -0.2) is 41.4 Å². The van der Waals surface area contributed by atoms with Crippen LogP contribution in [0, 0.1) is 0 Å². The van der Waals surface area contributed by atoms with Gasteiger partial charge in [0.2, 0.25) is 0 Å². The standard InChI is InChI=1S/C22H24N2O2/c1-24(2)13-4-3-7-20(25)17-11-9-16(10-12-17)19-14-18-6-5-8-21(26)22(18)23-15-19/h5-6,8-12,14-15,26H,3-4,7,13H2,1-2H3. The van der Waals surface area contributed by atoms with Crippen LogP contribution in [0.2, 0.25) is 0 Å². The Kier molecular flexibility index (Phi) is 5.64. The largest absolute Gasteiger partial charge is 0.506 e. The van der Waals surface area contributed by atoms with Crippen molar-refractivity contribution in [2.45, 2.75) is 19.3 Å². The molecule has 1 heterocycles. The van der Waals surface area contributed by atoms with Gasteiger partial charge in [-0.25, -0.2) is 0 Å². The summed E-state index contributed by atoms with van der Waals surface area (Å²) < 4.78 is 0. The molecule has 0 aliphatic carbocycles. The number of fused-ring (bicyclic) bond motifs is 1. The summed E-state index contributed by atoms with van der Waals surface area (Å²) in [4.78, 5) is 18.8. The number of aromatic hydroxyl groups is 1. The second-order valence-corrected chi connectivity index (χ2v) is 6.83. The van der Waals surface area contributed by atoms with E-state index in [0.717, 1.165) is 41.5 Å². The molecule has 0 atom stereocenters. The third kappa shape index (κ3) is 4.27. The number of hydrogen-bond acceptors (Lipinski definition) is 4. The summed E-state index contributed by atoms with van der Waals surface area (Å²) in [7, 11) is 4.09. The normalized spacial score (nSPS) is 11.2. The fourth-order valence-corrected chi connectivity index (χ4v) is 3.01. The van der Waals surface area contributed by atoms with Crippen molar-refractivity contribution in [2.24, 2.45) is 0 Å². The molecule has 0 radical (unpaired) electrons. The maximum absolute atomic E-state index is 12.3. The smallest absolute Gasteiger partial charge is 0.162 e. The summed E-state index contributed by atoms with van der Waals surface area (Å²) in [6.45, 7) is 1.01. The van der Waals surface area contributed by atoms with Gasteiger partial charge in [-0.2, -0.15) is 0 Å². The van der Waals surface area contributed by atoms with Gasteiger partial charge in [0.25, 0.3) is 0 Å². The number of hydrogen-bond donors (Lipinski definition) is 1. The second-order valence-electron chi connectivity index (χ2n) is 6.83. The summed E-state index contributed by atoms with van der Waals surface area (Å²) >= 11 is 0. The van der Waals surface area contributed by atoms with Gasteiger partial charge in [-0.05, 0) is 51.2 Å². The number of ketones is 1. The third-order valence-electron chi connectivity index (χ3n) is 4.49. The number of para-hydroxylation sites is 1. The Morgan fingerprint density at radius 1 is 1.04 bits per heavy atom. The SMILES string of the molecule is CN(C)CCCCC(=O)c1ccc(-c2cnc3c(O)cccc3c2)cc1. The van der Waals surface area contributed by atoms with E-state index in [9.17, 15) is 9.90 Å². The van der Waals surface area contributed by atoms with Gasteiger partial charge in [-0.1, -0.05) is 36.4 Å². The molecular weight excluding hydrogens is 324 g/mol. The molecule has 0 aliphatic heterocycles. The first kappa shape index (κ1) is 18.1. The first-order valence-corrected chi connectivity index (χ1v) is 8.91. The highest BCUT2D eigenvalue weighted by Gasteiger charge is 2.08. The molecule has 1 N–H and O–H groups in total. The highest BCUT2D eigenvalue weighted by molar-refractivity contribution is 5.96. The van der Waals surface area contributed by atoms with Crippen molar-refractivity contribution in [3.63, 3.8) is 0 Å². The molecule has 3 aromatic rings. The molecule has 0 spiro atoms. The number of carbonyl (C=O) groups excluding carboxylic acids is 1. The van der Waals surface area contributed by atoms with Crippen LogP contribution in [0.5, 0.6) is 5.75 Å². The van der Waals surface area contributed by atoms with E-state index in [0.29, 0.717) is 11.9 Å². The average molecular weight is 348 g/mol. The molecule has 0 fully saturated rings. The minimum atomic E-state index is 0.185. The minimum Gasteiger partial charge on any atom is -0.506 e. The molecule has 2 aromatic carbocycles. The Hall–Kier alpha value is -2.72. The van der Waals surface area contributed by atoms with Gasteiger partial charge in [-0.3, -0.25) is 9.78 Å². The van der Waals surface area contributed by atoms with Gasteiger partial charge < -0.3 is 10.0 Å². The predicted molar refractivity (Wildman–Crippen MR) is 106 cm³/mol. The van der Waals surface area contributed by atoms with Crippen molar-refractivity contribution in [2.75, 3.05) is 20.6 Å². The topological polar surface area (TPSA) is 53.4 Å². The van der Waals surface area contributed by atoms with Crippen LogP contribution in [0.25, 0.3) is 22.0 Å². The van der Waals surface area contributed by atoms with Gasteiger partial charge >= 0.3 is 0 Å². The van der Waals surface area contributed by atoms with Crippen molar-refractivity contribution in [1.82, 2.24) is 9.88 Å². The van der Waals surface area contributed by atoms with E-state index in [1.54, 1.807) is 18.3 Å². The number of carbonyl (C=O) groups is 1. The van der Waals surface area contributed by atoms with Crippen LogP contribution in [0.3, 0.4) is 0 Å². The van der Waals surface area contributed by atoms with Gasteiger partial charge in [0.1, 0.15) is 11.3 Å². The number of phenols is 1. The molecule has 1 aromatic heterocycles. The number of unbranched alkanes of at least 4 members (excludes halogenated alkanes) is 1. The monoisotopic (exact) mass is 348 g/mol. The maximum Gasteiger partial charge on any atom is 0.162 e. The molecule has 4 nitrogen and oxygen atoms in total. The Morgan fingerprint density at radius 2 is 1.81 bits per heavy atom. The summed E-state index contributed by atoms with van der Waals surface area (Å²) in [6.07, 6.45) is 4.29. The van der Waals surface area contributed by atoms with E-state index in [4.69, 9.17) is 0 Å². The Bertz CT molecular complexity index is 902. The number of rotatable bonds is 7. The van der Waals surface area contributed by atoms with E-state index < -0.39 is 0 Å². The zero-order valence-electron chi connectivity index (χ0n) is 15.3. The second kappa shape index (κ2) is 8.11. The van der Waals surface area contributed by atoms with Gasteiger partial charge in [0, 0.05) is 29.1 Å². The van der Waals surface area contributed by atoms with Crippen molar-refractivity contribution in [1.29, 1.82) is 0 Å². The van der Waals surface area contributed by atoms with Crippen LogP contribution in [0.15, 0.2) is 54.7 Å². The molecule has 0 bridgehead atoms. The predicted octanol–water partition coefficient (Wildman–Crippen LogP) is 4.52. The molecule has 0 saturated heterocycles. The maximum atomic E-state index is 12.3. The number of phenolic OH excluding ortho intramolecular Hbond substituents is 1. The van der Waals surface area contributed by atoms with E-state index in [1.807, 2.05) is 50.5 Å². The van der Waals surface area contributed by atoms with E-state index in [1.165, 1.54) is 0 Å². The fourth-order valence-electron chi connectivity index (χ4n) is 3.01. The van der Waals surface area contributed by atoms with Gasteiger partial charge in [-0.15, -0.1) is 0 Å². The molecule has 0 aliphatic rings. The molecule has 0 amide bonds. The molecule has 0 saturated carbocycles. The van der Waals surface area contributed by atoms with Crippen LogP contribution in [0.1, 0.15) is 29.6 Å². The Balaban J connectivity index is 1.70. The zero-order chi connectivity index (χ0) is 18.5. The first-order valence-electron chi connectivity index (χ1n) is 8.91. The lowest BCUT2D eigenvalue weighted by Crippen LogP contribution is -2.13. The molecule has 26 heavy (non-hydrogen) atoms. The van der Waals surface area contributed by atoms with Crippen LogP contribution >= 0.6 is 0 Å². The Labute approximate surface area is 154 Å². The lowest BCUT2D eigenvalue weighted by Gasteiger charge is -2.09. The van der Waals surface area contributed by atoms with Crippen LogP contribution in [0.4, 0.5) is 0 Å². The number of nitrogens with zero attached hydrogens (tertiary/aromatic N) is 2. The highest BCUT2D eigenvalue weighted by Crippen LogP contribution is 2.27. The van der Waals surface area contributed by atoms with Crippen molar-refractivity contribution in [3.05, 3.63) is 60.3 Å². The average Bonchev–Trinajstić information content (AvgIpc) is 2.65. The molecular formula is C22H24N2O2. The van der Waals surface area contributed by atoms with Crippen molar-refractivity contribution < 1.29 is 9.90 Å². The minimum absolute atomic E-state index is 0.185. The van der Waals surface area contributed by atoms with Crippen molar-refractivity contribution in [3.8, 4) is 16.9 Å². The summed E-state index contributed by atoms with van der Waals surface area (Å²) in [5.74, 6) is 0.376. The number of Topliss-reactive ketones (excluding diaryl/α,β-unsaturated/α-hetero) is 1. The molecule has 3 rings (SSSR count). The number of pyridine rings is 1. The fraction of sp³-hybridized carbons (Fsp3) is 0.273. The van der Waals surface area contributed by atoms with E-state index in [-0.39, 0.29) is 11.5 Å². The van der Waals surface area contributed by atoms with Gasteiger partial charge in [0.05, 0.1) is 0 Å². The molecule has 134 valence electrons. The number of benzene rings is 2. The summed E-state index contributed by atoms with van der Waals surface area (Å²) in [5.41, 5.74) is 3.32. The van der Waals surface area contributed by atoms with E-state index in [2.05, 4.69) is 9.88 Å². The lowest BCUT2D eigenvalue weighted by atomic mass is 10.0. The summed E-state index contributed by atoms with van der Waals surface area (Å²) in [6, 6.07) is 15.1. The van der Waals surface area contributed by atoms with E-state index >= 15 is 0 Å². The lowest BCUT2D eigenvalue weighted by molar-refractivity contribution is 0.0978. The van der Waals surface area contributed by atoms with Gasteiger partial charge in [0.15, 0.2) is 5.78 Å². The van der Waals surface area contributed by atoms with Crippen molar-refractivity contribution >= 4 is 16.7 Å². The number of aromatic nitrogens is 1. The third-order valence-corrected chi connectivity index (χ3v) is 4.49. The van der Waals surface area contributed by atoms with Crippen LogP contribution in [-0.2, 0) is 0 Å². The highest BCUT2D eigenvalue weighted by atomic mass is 16.3. The Morgan fingerprint density at radius 3 is 2.54 bits per heavy atom. The summed E-state index contributed by atoms with van der Waals surface area (Å²) in [5, 5.41) is 10.7. The quantitative estimate of drug-likeness (QED) is 0.504. The zero-order valence-corrected chi connectivity index (χ0v) is 15.3.